The first-order valence-corrected chi connectivity index (χ1v) is 7.77. The number of benzene rings is 1. The second kappa shape index (κ2) is 6.46. The Morgan fingerprint density at radius 3 is 2.84 bits per heavy atom. The third kappa shape index (κ3) is 2.79. The Kier molecular flexibility index (Phi) is 4.34. The van der Waals surface area contributed by atoms with Gasteiger partial charge in [-0.05, 0) is 19.1 Å². The minimum Gasteiger partial charge on any atom is -0.466 e. The normalized spacial score (nSPS) is 17.3. The van der Waals surface area contributed by atoms with Gasteiger partial charge in [-0.15, -0.1) is 0 Å². The highest BCUT2D eigenvalue weighted by Crippen LogP contribution is 2.42. The molecule has 126 valence electrons. The number of aromatic nitrogens is 1. The largest absolute Gasteiger partial charge is 0.466 e. The Labute approximate surface area is 149 Å². The Morgan fingerprint density at radius 2 is 2.16 bits per heavy atom. The molecule has 0 spiro atoms. The van der Waals surface area contributed by atoms with E-state index in [0.717, 1.165) is 5.39 Å². The molecule has 0 saturated carbocycles. The molecule has 0 amide bonds. The first-order chi connectivity index (χ1) is 12.0. The molecule has 1 unspecified atom stereocenters. The molecule has 1 aromatic heterocycles. The molecule has 0 aliphatic carbocycles. The molecule has 1 atom stereocenters. The number of pyridine rings is 1. The van der Waals surface area contributed by atoms with Crippen LogP contribution in [0, 0.1) is 11.3 Å². The van der Waals surface area contributed by atoms with Crippen molar-refractivity contribution in [3.8, 4) is 6.07 Å². The average Bonchev–Trinajstić information content (AvgIpc) is 2.60. The number of rotatable bonds is 2. The number of allylic oxidation sites excluding steroid dienone is 2. The third-order valence-corrected chi connectivity index (χ3v) is 4.33. The van der Waals surface area contributed by atoms with Gasteiger partial charge in [-0.1, -0.05) is 29.8 Å². The van der Waals surface area contributed by atoms with Crippen molar-refractivity contribution in [2.45, 2.75) is 12.8 Å². The van der Waals surface area contributed by atoms with Crippen LogP contribution in [0.25, 0.3) is 10.9 Å². The highest BCUT2D eigenvalue weighted by Gasteiger charge is 2.37. The van der Waals surface area contributed by atoms with Crippen LogP contribution in [-0.4, -0.2) is 18.1 Å². The third-order valence-electron chi connectivity index (χ3n) is 4.03. The van der Waals surface area contributed by atoms with E-state index in [-0.39, 0.29) is 27.9 Å². The number of methoxy groups -OCH3 is 1. The van der Waals surface area contributed by atoms with Crippen molar-refractivity contribution in [3.05, 3.63) is 63.8 Å². The van der Waals surface area contributed by atoms with Gasteiger partial charge in [-0.25, -0.2) is 9.78 Å². The molecule has 6 nitrogen and oxygen atoms in total. The lowest BCUT2D eigenvalue weighted by Gasteiger charge is -2.27. The van der Waals surface area contributed by atoms with Crippen LogP contribution in [0.15, 0.2) is 53.1 Å². The summed E-state index contributed by atoms with van der Waals surface area (Å²) in [5.41, 5.74) is 7.32. The van der Waals surface area contributed by atoms with Crippen molar-refractivity contribution in [1.82, 2.24) is 4.98 Å². The number of nitrogens with zero attached hydrogens (tertiary/aromatic N) is 2. The zero-order valence-electron chi connectivity index (χ0n) is 13.5. The summed E-state index contributed by atoms with van der Waals surface area (Å²) < 4.78 is 10.2. The number of carbonyl (C=O) groups excluding carboxylic acids is 1. The number of ether oxygens (including phenoxy) is 2. The molecule has 1 aromatic carbocycles. The fraction of sp³-hybridized carbons (Fsp3) is 0.167. The molecular formula is C18H14ClN3O3. The van der Waals surface area contributed by atoms with Crippen LogP contribution in [0.2, 0.25) is 5.15 Å². The molecule has 0 fully saturated rings. The maximum Gasteiger partial charge on any atom is 0.338 e. The number of hydrogen-bond acceptors (Lipinski definition) is 6. The van der Waals surface area contributed by atoms with Crippen LogP contribution in [0.5, 0.6) is 0 Å². The van der Waals surface area contributed by atoms with Crippen molar-refractivity contribution in [2.24, 2.45) is 5.73 Å². The standard InChI is InChI=1S/C18H14ClN3O3/c1-9-14(18(23)24-2)15(12(8-20)17(21)25-9)11-7-10-5-3-4-6-13(10)22-16(11)19/h3-7,15H,21H2,1-2H3. The number of para-hydroxylation sites is 1. The quantitative estimate of drug-likeness (QED) is 0.656. The van der Waals surface area contributed by atoms with Gasteiger partial charge in [0.15, 0.2) is 0 Å². The number of nitriles is 1. The second-order valence-electron chi connectivity index (χ2n) is 5.45. The number of halogens is 1. The molecule has 2 aromatic rings. The zero-order valence-corrected chi connectivity index (χ0v) is 14.3. The molecule has 0 bridgehead atoms. The zero-order chi connectivity index (χ0) is 18.1. The Hall–Kier alpha value is -3.04. The van der Waals surface area contributed by atoms with E-state index in [1.165, 1.54) is 7.11 Å². The molecule has 7 heteroatoms. The van der Waals surface area contributed by atoms with Crippen molar-refractivity contribution >= 4 is 28.5 Å². The molecule has 1 aliphatic heterocycles. The lowest BCUT2D eigenvalue weighted by Crippen LogP contribution is -2.25. The van der Waals surface area contributed by atoms with E-state index in [4.69, 9.17) is 26.8 Å². The van der Waals surface area contributed by atoms with Crippen LogP contribution in [0.4, 0.5) is 0 Å². The van der Waals surface area contributed by atoms with Gasteiger partial charge in [0, 0.05) is 10.9 Å². The highest BCUT2D eigenvalue weighted by atomic mass is 35.5. The van der Waals surface area contributed by atoms with Crippen LogP contribution in [-0.2, 0) is 14.3 Å². The predicted molar refractivity (Wildman–Crippen MR) is 92.1 cm³/mol. The van der Waals surface area contributed by atoms with E-state index in [1.807, 2.05) is 30.3 Å². The average molecular weight is 356 g/mol. The molecular weight excluding hydrogens is 342 g/mol. The molecule has 2 heterocycles. The van der Waals surface area contributed by atoms with Crippen molar-refractivity contribution in [2.75, 3.05) is 7.11 Å². The minimum atomic E-state index is -0.809. The SMILES string of the molecule is COC(=O)C1=C(C)OC(N)=C(C#N)C1c1cc2ccccc2nc1Cl. The lowest BCUT2D eigenvalue weighted by molar-refractivity contribution is -0.136. The van der Waals surface area contributed by atoms with Gasteiger partial charge in [0.25, 0.3) is 0 Å². The van der Waals surface area contributed by atoms with E-state index < -0.39 is 11.9 Å². The van der Waals surface area contributed by atoms with Crippen LogP contribution in [0.3, 0.4) is 0 Å². The first-order valence-electron chi connectivity index (χ1n) is 7.39. The van der Waals surface area contributed by atoms with Crippen LogP contribution >= 0.6 is 11.6 Å². The second-order valence-corrected chi connectivity index (χ2v) is 5.81. The molecule has 3 rings (SSSR count). The summed E-state index contributed by atoms with van der Waals surface area (Å²) in [6, 6.07) is 11.2. The van der Waals surface area contributed by atoms with E-state index in [9.17, 15) is 10.1 Å². The van der Waals surface area contributed by atoms with Gasteiger partial charge in [0.1, 0.15) is 22.6 Å². The maximum atomic E-state index is 12.3. The molecule has 0 saturated heterocycles. The van der Waals surface area contributed by atoms with Gasteiger partial charge in [-0.3, -0.25) is 0 Å². The van der Waals surface area contributed by atoms with E-state index in [1.54, 1.807) is 13.0 Å². The number of nitrogens with two attached hydrogens (primary N) is 1. The van der Waals surface area contributed by atoms with Crippen LogP contribution < -0.4 is 5.73 Å². The number of esters is 1. The maximum absolute atomic E-state index is 12.3. The van der Waals surface area contributed by atoms with E-state index in [2.05, 4.69) is 4.98 Å². The number of carbonyl (C=O) groups is 1. The van der Waals surface area contributed by atoms with E-state index in [0.29, 0.717) is 11.1 Å². The lowest BCUT2D eigenvalue weighted by atomic mass is 9.83. The summed E-state index contributed by atoms with van der Waals surface area (Å²) in [4.78, 5) is 16.7. The van der Waals surface area contributed by atoms with E-state index >= 15 is 0 Å². The predicted octanol–water partition coefficient (Wildman–Crippen LogP) is 3.14. The Balaban J connectivity index is 2.30. The van der Waals surface area contributed by atoms with Crippen LogP contribution in [0.1, 0.15) is 18.4 Å². The first kappa shape index (κ1) is 16.8. The number of fused-ring (bicyclic) bond motifs is 1. The summed E-state index contributed by atoms with van der Waals surface area (Å²) in [6.07, 6.45) is 0. The van der Waals surface area contributed by atoms with Crippen molar-refractivity contribution in [3.63, 3.8) is 0 Å². The Bertz CT molecular complexity index is 989. The fourth-order valence-electron chi connectivity index (χ4n) is 2.88. The molecule has 25 heavy (non-hydrogen) atoms. The smallest absolute Gasteiger partial charge is 0.338 e. The van der Waals surface area contributed by atoms with Gasteiger partial charge in [0.2, 0.25) is 5.88 Å². The summed E-state index contributed by atoms with van der Waals surface area (Å²) in [7, 11) is 1.26. The summed E-state index contributed by atoms with van der Waals surface area (Å²) in [6.45, 7) is 1.59. The fourth-order valence-corrected chi connectivity index (χ4v) is 3.13. The minimum absolute atomic E-state index is 0.0677. The Morgan fingerprint density at radius 1 is 1.44 bits per heavy atom. The van der Waals surface area contributed by atoms with Gasteiger partial charge < -0.3 is 15.2 Å². The van der Waals surface area contributed by atoms with Gasteiger partial charge in [-0.2, -0.15) is 5.26 Å². The molecule has 0 radical (unpaired) electrons. The number of hydrogen-bond donors (Lipinski definition) is 1. The summed E-state index contributed by atoms with van der Waals surface area (Å²) in [5.74, 6) is -1.23. The summed E-state index contributed by atoms with van der Waals surface area (Å²) in [5, 5.41) is 10.6. The van der Waals surface area contributed by atoms with Crippen molar-refractivity contribution in [1.29, 1.82) is 5.26 Å². The highest BCUT2D eigenvalue weighted by molar-refractivity contribution is 6.30. The molecule has 1 aliphatic rings. The van der Waals surface area contributed by atoms with Gasteiger partial charge >= 0.3 is 5.97 Å². The summed E-state index contributed by atoms with van der Waals surface area (Å²) >= 11 is 6.37. The van der Waals surface area contributed by atoms with Gasteiger partial charge in [0.05, 0.1) is 24.1 Å². The van der Waals surface area contributed by atoms with Crippen molar-refractivity contribution < 1.29 is 14.3 Å². The monoisotopic (exact) mass is 355 g/mol. The molecule has 2 N–H and O–H groups in total. The topological polar surface area (TPSA) is 98.2 Å².